The van der Waals surface area contributed by atoms with Gasteiger partial charge in [0.05, 0.1) is 12.0 Å². The Morgan fingerprint density at radius 1 is 1.58 bits per heavy atom. The smallest absolute Gasteiger partial charge is 0.550 e. The molecule has 0 aliphatic carbocycles. The molecule has 0 N–H and O–H groups in total. The molecule has 3 nitrogen and oxygen atoms in total. The summed E-state index contributed by atoms with van der Waals surface area (Å²) in [7, 11) is 0. The molecular formula is C8H12KNO2. The van der Waals surface area contributed by atoms with Gasteiger partial charge >= 0.3 is 51.4 Å². The van der Waals surface area contributed by atoms with Crippen molar-refractivity contribution in [2.75, 3.05) is 0 Å². The summed E-state index contributed by atoms with van der Waals surface area (Å²) in [6, 6.07) is 1.94. The monoisotopic (exact) mass is 193 g/mol. The van der Waals surface area contributed by atoms with Crippen LogP contribution in [0.1, 0.15) is 26.7 Å². The summed E-state index contributed by atoms with van der Waals surface area (Å²) in [6.45, 7) is 3.92. The molecule has 0 aromatic rings. The minimum Gasteiger partial charge on any atom is -0.550 e. The fourth-order valence-electron chi connectivity index (χ4n) is 0.952. The van der Waals surface area contributed by atoms with Crippen molar-refractivity contribution in [3.63, 3.8) is 0 Å². The Balaban J connectivity index is 0. The Morgan fingerprint density at radius 2 is 2.08 bits per heavy atom. The van der Waals surface area contributed by atoms with Crippen LogP contribution >= 0.6 is 0 Å². The van der Waals surface area contributed by atoms with E-state index in [1.807, 2.05) is 19.9 Å². The molecule has 0 unspecified atom stereocenters. The molecule has 0 amide bonds. The maximum Gasteiger partial charge on any atom is 1.00 e. The van der Waals surface area contributed by atoms with E-state index < -0.39 is 5.97 Å². The van der Waals surface area contributed by atoms with E-state index in [2.05, 4.69) is 0 Å². The van der Waals surface area contributed by atoms with Crippen LogP contribution in [0.15, 0.2) is 0 Å². The van der Waals surface area contributed by atoms with Crippen LogP contribution in [-0.4, -0.2) is 5.97 Å². The molecule has 0 radical (unpaired) electrons. The molecule has 0 heterocycles. The molecule has 0 fully saturated rings. The van der Waals surface area contributed by atoms with Gasteiger partial charge in [0, 0.05) is 12.4 Å². The first-order valence-electron chi connectivity index (χ1n) is 3.65. The Hall–Kier alpha value is 0.596. The third-order valence-corrected chi connectivity index (χ3v) is 1.35. The SMILES string of the molecule is CC(C)C[C@@H](C#N)CC(=O)[O-].[K+]. The van der Waals surface area contributed by atoms with E-state index in [0.717, 1.165) is 0 Å². The molecule has 4 heteroatoms. The first kappa shape index (κ1) is 15.1. The predicted molar refractivity (Wildman–Crippen MR) is 38.2 cm³/mol. The maximum absolute atomic E-state index is 10.1. The van der Waals surface area contributed by atoms with Crippen LogP contribution in [0.2, 0.25) is 0 Å². The second kappa shape index (κ2) is 8.21. The second-order valence-corrected chi connectivity index (χ2v) is 3.03. The van der Waals surface area contributed by atoms with Crippen molar-refractivity contribution in [3.05, 3.63) is 0 Å². The van der Waals surface area contributed by atoms with Gasteiger partial charge in [-0.05, 0) is 12.3 Å². The molecule has 0 bridgehead atoms. The van der Waals surface area contributed by atoms with Gasteiger partial charge < -0.3 is 9.90 Å². The van der Waals surface area contributed by atoms with Gasteiger partial charge in [0.1, 0.15) is 0 Å². The molecule has 1 atom stereocenters. The van der Waals surface area contributed by atoms with Crippen LogP contribution in [0, 0.1) is 23.2 Å². The first-order valence-corrected chi connectivity index (χ1v) is 3.65. The van der Waals surface area contributed by atoms with Crippen molar-refractivity contribution in [2.45, 2.75) is 26.7 Å². The minimum atomic E-state index is -1.14. The summed E-state index contributed by atoms with van der Waals surface area (Å²) in [6.07, 6.45) is 0.485. The fraction of sp³-hybridized carbons (Fsp3) is 0.750. The van der Waals surface area contributed by atoms with E-state index in [9.17, 15) is 9.90 Å². The normalized spacial score (nSPS) is 11.5. The topological polar surface area (TPSA) is 63.9 Å². The van der Waals surface area contributed by atoms with Gasteiger partial charge in [-0.15, -0.1) is 0 Å². The number of aliphatic carboxylic acids is 1. The largest absolute Gasteiger partial charge is 1.00 e. The standard InChI is InChI=1S/C8H13NO2.K/c1-6(2)3-7(5-9)4-8(10)11;/h6-7H,3-4H2,1-2H3,(H,10,11);/q;+1/p-1/t7-;/m1./s1. The van der Waals surface area contributed by atoms with Crippen molar-refractivity contribution in [1.82, 2.24) is 0 Å². The summed E-state index contributed by atoms with van der Waals surface area (Å²) >= 11 is 0. The quantitative estimate of drug-likeness (QED) is 0.457. The van der Waals surface area contributed by atoms with E-state index in [1.54, 1.807) is 0 Å². The minimum absolute atomic E-state index is 0. The first-order chi connectivity index (χ1) is 5.06. The molecule has 0 saturated heterocycles. The molecule has 0 aliphatic heterocycles. The van der Waals surface area contributed by atoms with Gasteiger partial charge in [0.15, 0.2) is 0 Å². The Morgan fingerprint density at radius 3 is 2.33 bits per heavy atom. The average Bonchev–Trinajstić information content (AvgIpc) is 1.84. The zero-order valence-corrected chi connectivity index (χ0v) is 11.0. The Bertz CT molecular complexity index is 174. The number of nitriles is 1. The van der Waals surface area contributed by atoms with Gasteiger partial charge in [-0.2, -0.15) is 5.26 Å². The molecule has 0 aromatic carbocycles. The van der Waals surface area contributed by atoms with Gasteiger partial charge in [0.2, 0.25) is 0 Å². The summed E-state index contributed by atoms with van der Waals surface area (Å²) in [4.78, 5) is 10.1. The maximum atomic E-state index is 10.1. The van der Waals surface area contributed by atoms with Crippen LogP contribution < -0.4 is 56.5 Å². The third kappa shape index (κ3) is 8.69. The molecule has 0 spiro atoms. The summed E-state index contributed by atoms with van der Waals surface area (Å²) in [5, 5.41) is 18.6. The number of nitrogens with zero attached hydrogens (tertiary/aromatic N) is 1. The van der Waals surface area contributed by atoms with Crippen LogP contribution in [0.5, 0.6) is 0 Å². The van der Waals surface area contributed by atoms with Crippen molar-refractivity contribution in [1.29, 1.82) is 5.26 Å². The zero-order chi connectivity index (χ0) is 8.85. The zero-order valence-electron chi connectivity index (χ0n) is 7.83. The molecule has 0 aromatic heterocycles. The average molecular weight is 193 g/mol. The van der Waals surface area contributed by atoms with Crippen LogP contribution in [0.4, 0.5) is 0 Å². The number of hydrogen-bond donors (Lipinski definition) is 0. The van der Waals surface area contributed by atoms with Crippen molar-refractivity contribution < 1.29 is 61.3 Å². The van der Waals surface area contributed by atoms with E-state index in [1.165, 1.54) is 0 Å². The molecule has 0 aliphatic rings. The second-order valence-electron chi connectivity index (χ2n) is 3.03. The number of carboxylic acids is 1. The van der Waals surface area contributed by atoms with E-state index in [-0.39, 0.29) is 63.7 Å². The van der Waals surface area contributed by atoms with Gasteiger partial charge in [-0.1, -0.05) is 13.8 Å². The van der Waals surface area contributed by atoms with Crippen LogP contribution in [0.3, 0.4) is 0 Å². The Labute approximate surface area is 116 Å². The summed E-state index contributed by atoms with van der Waals surface area (Å²) in [5.41, 5.74) is 0. The van der Waals surface area contributed by atoms with Gasteiger partial charge in [0.25, 0.3) is 0 Å². The van der Waals surface area contributed by atoms with Gasteiger partial charge in [-0.25, -0.2) is 0 Å². The third-order valence-electron chi connectivity index (χ3n) is 1.35. The number of carbonyl (C=O) groups excluding carboxylic acids is 1. The molecular weight excluding hydrogens is 181 g/mol. The van der Waals surface area contributed by atoms with Crippen molar-refractivity contribution in [3.8, 4) is 6.07 Å². The van der Waals surface area contributed by atoms with Crippen molar-refractivity contribution in [2.24, 2.45) is 11.8 Å². The summed E-state index contributed by atoms with van der Waals surface area (Å²) < 4.78 is 0. The van der Waals surface area contributed by atoms with Crippen LogP contribution in [0.25, 0.3) is 0 Å². The molecule has 62 valence electrons. The number of rotatable bonds is 4. The van der Waals surface area contributed by atoms with E-state index >= 15 is 0 Å². The predicted octanol–water partition coefficient (Wildman–Crippen LogP) is -2.68. The molecule has 0 rings (SSSR count). The fourth-order valence-corrected chi connectivity index (χ4v) is 0.952. The molecule has 12 heavy (non-hydrogen) atoms. The number of carbonyl (C=O) groups is 1. The van der Waals surface area contributed by atoms with Crippen LogP contribution in [-0.2, 0) is 4.79 Å². The molecule has 0 saturated carbocycles. The van der Waals surface area contributed by atoms with Gasteiger partial charge in [-0.3, -0.25) is 0 Å². The van der Waals surface area contributed by atoms with E-state index in [4.69, 9.17) is 5.26 Å². The number of carboxylic acid groups (broad SMARTS) is 1. The Kier molecular flexibility index (Phi) is 10.3. The summed E-state index contributed by atoms with van der Waals surface area (Å²) in [5.74, 6) is -1.17. The van der Waals surface area contributed by atoms with Crippen molar-refractivity contribution >= 4 is 5.97 Å². The van der Waals surface area contributed by atoms with E-state index in [0.29, 0.717) is 12.3 Å². The number of hydrogen-bond acceptors (Lipinski definition) is 3.